The molecule has 15 heavy (non-hydrogen) atoms. The molecule has 1 nitrogen and oxygen atoms in total. The van der Waals surface area contributed by atoms with Crippen molar-refractivity contribution in [2.24, 2.45) is 23.7 Å². The van der Waals surface area contributed by atoms with Crippen molar-refractivity contribution in [3.8, 4) is 0 Å². The van der Waals surface area contributed by atoms with Crippen molar-refractivity contribution < 1.29 is 4.74 Å². The molecule has 1 fully saturated rings. The summed E-state index contributed by atoms with van der Waals surface area (Å²) >= 11 is 0. The third-order valence-corrected chi connectivity index (χ3v) is 3.82. The Balaban J connectivity index is 2.66. The Hall–Kier alpha value is -0.0400. The lowest BCUT2D eigenvalue weighted by Gasteiger charge is -2.40. The van der Waals surface area contributed by atoms with Crippen molar-refractivity contribution in [3.05, 3.63) is 0 Å². The van der Waals surface area contributed by atoms with Gasteiger partial charge in [0.25, 0.3) is 0 Å². The molecule has 0 radical (unpaired) electrons. The maximum Gasteiger partial charge on any atom is 0.0553 e. The molecule has 0 spiro atoms. The molecule has 1 rings (SSSR count). The molecule has 2 atom stereocenters. The van der Waals surface area contributed by atoms with Gasteiger partial charge in [0.2, 0.25) is 0 Å². The van der Waals surface area contributed by atoms with Crippen LogP contribution >= 0.6 is 0 Å². The first-order valence-electron chi connectivity index (χ1n) is 6.57. The minimum Gasteiger partial charge on any atom is -0.376 e. The van der Waals surface area contributed by atoms with E-state index < -0.39 is 0 Å². The van der Waals surface area contributed by atoms with Crippen molar-refractivity contribution in [3.63, 3.8) is 0 Å². The van der Waals surface area contributed by atoms with Crippen LogP contribution in [0.1, 0.15) is 54.4 Å². The largest absolute Gasteiger partial charge is 0.376 e. The van der Waals surface area contributed by atoms with E-state index in [0.29, 0.717) is 12.2 Å². The van der Waals surface area contributed by atoms with Gasteiger partial charge >= 0.3 is 0 Å². The van der Waals surface area contributed by atoms with Crippen LogP contribution in [0.3, 0.4) is 0 Å². The lowest BCUT2D eigenvalue weighted by Crippen LogP contribution is -2.36. The van der Waals surface area contributed by atoms with Gasteiger partial charge in [-0.05, 0) is 50.4 Å². The van der Waals surface area contributed by atoms with Gasteiger partial charge in [-0.25, -0.2) is 0 Å². The molecule has 0 saturated carbocycles. The topological polar surface area (TPSA) is 9.23 Å². The summed E-state index contributed by atoms with van der Waals surface area (Å²) in [5, 5.41) is 0. The molecule has 1 aliphatic rings. The number of hydrogen-bond donors (Lipinski definition) is 0. The summed E-state index contributed by atoms with van der Waals surface area (Å²) in [6.45, 7) is 13.9. The fourth-order valence-electron chi connectivity index (χ4n) is 3.63. The van der Waals surface area contributed by atoms with Gasteiger partial charge in [0.05, 0.1) is 12.2 Å². The zero-order chi connectivity index (χ0) is 11.6. The van der Waals surface area contributed by atoms with Crippen molar-refractivity contribution in [2.45, 2.75) is 66.6 Å². The quantitative estimate of drug-likeness (QED) is 0.684. The van der Waals surface area contributed by atoms with E-state index in [1.54, 1.807) is 0 Å². The van der Waals surface area contributed by atoms with Crippen molar-refractivity contribution >= 4 is 0 Å². The summed E-state index contributed by atoms with van der Waals surface area (Å²) in [7, 11) is 0. The van der Waals surface area contributed by atoms with Crippen LogP contribution < -0.4 is 0 Å². The summed E-state index contributed by atoms with van der Waals surface area (Å²) in [6.07, 6.45) is 3.42. The number of ether oxygens (including phenoxy) is 1. The van der Waals surface area contributed by atoms with Crippen LogP contribution in [0.4, 0.5) is 0 Å². The highest BCUT2D eigenvalue weighted by molar-refractivity contribution is 4.82. The SMILES string of the molecule is CC1CC(C(C(C)C)C(C)C)CC(C)O1. The Labute approximate surface area is 95.6 Å². The summed E-state index contributed by atoms with van der Waals surface area (Å²) in [5.74, 6) is 3.32. The van der Waals surface area contributed by atoms with Crippen LogP contribution in [0.15, 0.2) is 0 Å². The van der Waals surface area contributed by atoms with Gasteiger partial charge in [0, 0.05) is 0 Å². The maximum absolute atomic E-state index is 5.83. The first kappa shape index (κ1) is 13.0. The van der Waals surface area contributed by atoms with Crippen LogP contribution in [0.2, 0.25) is 0 Å². The zero-order valence-corrected chi connectivity index (χ0v) is 11.3. The van der Waals surface area contributed by atoms with Gasteiger partial charge in [-0.2, -0.15) is 0 Å². The molecule has 0 bridgehead atoms. The van der Waals surface area contributed by atoms with E-state index in [1.807, 2.05) is 0 Å². The van der Waals surface area contributed by atoms with E-state index in [0.717, 1.165) is 23.7 Å². The summed E-state index contributed by atoms with van der Waals surface area (Å²) < 4.78 is 5.83. The lowest BCUT2D eigenvalue weighted by atomic mass is 9.71. The molecule has 2 unspecified atom stereocenters. The predicted molar refractivity (Wildman–Crippen MR) is 65.9 cm³/mol. The monoisotopic (exact) mass is 212 g/mol. The fourth-order valence-corrected chi connectivity index (χ4v) is 3.63. The smallest absolute Gasteiger partial charge is 0.0553 e. The van der Waals surface area contributed by atoms with Crippen molar-refractivity contribution in [1.82, 2.24) is 0 Å². The van der Waals surface area contributed by atoms with Gasteiger partial charge in [-0.15, -0.1) is 0 Å². The van der Waals surface area contributed by atoms with Crippen LogP contribution in [-0.2, 0) is 4.74 Å². The molecule has 0 N–H and O–H groups in total. The third kappa shape index (κ3) is 3.48. The van der Waals surface area contributed by atoms with Gasteiger partial charge in [-0.1, -0.05) is 27.7 Å². The normalized spacial score (nSPS) is 33.0. The summed E-state index contributed by atoms with van der Waals surface area (Å²) in [5.41, 5.74) is 0. The minimum atomic E-state index is 0.457. The average molecular weight is 212 g/mol. The van der Waals surface area contributed by atoms with Gasteiger partial charge < -0.3 is 4.74 Å². The van der Waals surface area contributed by atoms with E-state index >= 15 is 0 Å². The van der Waals surface area contributed by atoms with Crippen molar-refractivity contribution in [2.75, 3.05) is 0 Å². The van der Waals surface area contributed by atoms with Gasteiger partial charge in [0.1, 0.15) is 0 Å². The highest BCUT2D eigenvalue weighted by Gasteiger charge is 2.33. The molecule has 1 saturated heterocycles. The molecule has 1 heterocycles. The predicted octanol–water partition coefficient (Wildman–Crippen LogP) is 4.12. The van der Waals surface area contributed by atoms with E-state index in [9.17, 15) is 0 Å². The Kier molecular flexibility index (Phi) is 4.64. The molecule has 90 valence electrons. The molecule has 0 aromatic carbocycles. The van der Waals surface area contributed by atoms with Gasteiger partial charge in [-0.3, -0.25) is 0 Å². The second kappa shape index (κ2) is 5.34. The molecule has 0 aromatic rings. The second-order valence-corrected chi connectivity index (χ2v) is 6.05. The molecule has 0 amide bonds. The highest BCUT2D eigenvalue weighted by atomic mass is 16.5. The zero-order valence-electron chi connectivity index (χ0n) is 11.3. The van der Waals surface area contributed by atoms with E-state index in [4.69, 9.17) is 4.74 Å². The molecular formula is C14H28O. The first-order valence-corrected chi connectivity index (χ1v) is 6.57. The Morgan fingerprint density at radius 3 is 1.60 bits per heavy atom. The maximum atomic E-state index is 5.83. The molecule has 1 aliphatic heterocycles. The summed E-state index contributed by atoms with van der Waals surface area (Å²) in [6, 6.07) is 0. The average Bonchev–Trinajstić information content (AvgIpc) is 1.99. The third-order valence-electron chi connectivity index (χ3n) is 3.82. The van der Waals surface area contributed by atoms with E-state index in [1.165, 1.54) is 12.8 Å². The molecular weight excluding hydrogens is 184 g/mol. The molecule has 1 heteroatoms. The lowest BCUT2D eigenvalue weighted by molar-refractivity contribution is -0.0728. The van der Waals surface area contributed by atoms with Crippen LogP contribution in [-0.4, -0.2) is 12.2 Å². The van der Waals surface area contributed by atoms with Crippen LogP contribution in [0, 0.1) is 23.7 Å². The first-order chi connectivity index (χ1) is 6.91. The Morgan fingerprint density at radius 2 is 1.27 bits per heavy atom. The van der Waals surface area contributed by atoms with Gasteiger partial charge in [0.15, 0.2) is 0 Å². The molecule has 0 aromatic heterocycles. The number of hydrogen-bond acceptors (Lipinski definition) is 1. The highest BCUT2D eigenvalue weighted by Crippen LogP contribution is 2.38. The van der Waals surface area contributed by atoms with Crippen LogP contribution in [0.5, 0.6) is 0 Å². The fraction of sp³-hybridized carbons (Fsp3) is 1.00. The Bertz CT molecular complexity index is 168. The second-order valence-electron chi connectivity index (χ2n) is 6.05. The standard InChI is InChI=1S/C14H28O/c1-9(2)14(10(3)4)13-7-11(5)15-12(6)8-13/h9-14H,7-8H2,1-6H3. The van der Waals surface area contributed by atoms with Crippen LogP contribution in [0.25, 0.3) is 0 Å². The minimum absolute atomic E-state index is 0.457. The Morgan fingerprint density at radius 1 is 0.867 bits per heavy atom. The summed E-state index contributed by atoms with van der Waals surface area (Å²) in [4.78, 5) is 0. The van der Waals surface area contributed by atoms with Crippen molar-refractivity contribution in [1.29, 1.82) is 0 Å². The van der Waals surface area contributed by atoms with E-state index in [-0.39, 0.29) is 0 Å². The number of rotatable bonds is 3. The van der Waals surface area contributed by atoms with E-state index in [2.05, 4.69) is 41.5 Å². The molecule has 0 aliphatic carbocycles.